The number of hydrogen-bond donors (Lipinski definition) is 1. The van der Waals surface area contributed by atoms with E-state index < -0.39 is 42.1 Å². The number of halogens is 12. The minimum Gasteiger partial charge on any atom is -0.488 e. The van der Waals surface area contributed by atoms with Gasteiger partial charge in [-0.1, -0.05) is 176 Å². The van der Waals surface area contributed by atoms with Crippen molar-refractivity contribution in [2.75, 3.05) is 26.4 Å². The van der Waals surface area contributed by atoms with Crippen LogP contribution in [0.3, 0.4) is 0 Å². The number of ether oxygens (including phenoxy) is 9. The Morgan fingerprint density at radius 1 is 0.444 bits per heavy atom. The van der Waals surface area contributed by atoms with Crippen molar-refractivity contribution in [3.63, 3.8) is 0 Å². The van der Waals surface area contributed by atoms with Crippen molar-refractivity contribution >= 4 is 151 Å². The number of carbonyl (C=O) groups is 2. The molecule has 7 saturated heterocycles. The fraction of sp³-hybridized carbons (Fsp3) is 0.394. The highest BCUT2D eigenvalue weighted by Crippen LogP contribution is 2.49. The quantitative estimate of drug-likeness (QED) is 0.118. The molecule has 14 rings (SSSR count). The van der Waals surface area contributed by atoms with Crippen LogP contribution in [0.25, 0.3) is 0 Å². The third-order valence-corrected chi connectivity index (χ3v) is 20.5. The van der Waals surface area contributed by atoms with E-state index in [9.17, 15) is 14.7 Å². The van der Waals surface area contributed by atoms with Gasteiger partial charge >= 0.3 is 0 Å². The van der Waals surface area contributed by atoms with Crippen molar-refractivity contribution in [1.82, 2.24) is 0 Å². The summed E-state index contributed by atoms with van der Waals surface area (Å²) in [6.45, 7) is 2.36. The number of aliphatic hydroxyl groups excluding tert-OH is 1. The topological polar surface area (TPSA) is 137 Å². The highest BCUT2D eigenvalue weighted by Gasteiger charge is 2.55. The zero-order valence-corrected chi connectivity index (χ0v) is 56.7. The van der Waals surface area contributed by atoms with Gasteiger partial charge in [-0.3, -0.25) is 9.59 Å². The highest BCUT2D eigenvalue weighted by atomic mass is 35.5. The van der Waals surface area contributed by atoms with E-state index in [-0.39, 0.29) is 36.0 Å². The lowest BCUT2D eigenvalue weighted by atomic mass is 9.68. The number of fused-ring (bicyclic) bond motifs is 8. The first-order chi connectivity index (χ1) is 43.1. The Balaban J connectivity index is 0.000000129. The van der Waals surface area contributed by atoms with Gasteiger partial charge in [0.2, 0.25) is 18.9 Å². The molecule has 8 aliphatic heterocycles. The van der Waals surface area contributed by atoms with Crippen LogP contribution >= 0.6 is 139 Å². The molecule has 8 heterocycles. The van der Waals surface area contributed by atoms with Crippen LogP contribution in [-0.4, -0.2) is 98.8 Å². The summed E-state index contributed by atoms with van der Waals surface area (Å²) in [5.74, 6) is 0.720. The SMILES string of the molecule is Clc1ccc(COC2=C(Cc3ccc(Cl)cc3Cl)C[C@H]3CO[C@@H]2O3)c(Cl)c1.O=C1CC[C@H]2CO[C@@H]1O2.O=C1[C@@H]2OC[C@H](CC1(Cc1ccc(Cl)cc1Cl)Cc1ccc(Cl)cc1Cl)O2.O[C@@H]1[C@@H]2OC[C@H](CC1(Cc1ccc(Cl)cc1Cl)Cc1ccc(Cl)cc1Cl)O2. The fourth-order valence-corrected chi connectivity index (χ4v) is 15.3. The van der Waals surface area contributed by atoms with E-state index in [4.69, 9.17) is 182 Å². The van der Waals surface area contributed by atoms with Crippen molar-refractivity contribution in [2.24, 2.45) is 10.8 Å². The maximum Gasteiger partial charge on any atom is 0.218 e. The lowest BCUT2D eigenvalue weighted by Gasteiger charge is -2.44. The molecule has 1 N–H and O–H groups in total. The number of hydrogen-bond acceptors (Lipinski definition) is 12. The zero-order valence-electron chi connectivity index (χ0n) is 47.7. The number of ketones is 2. The standard InChI is InChI=1S/C20H18Cl4O3.2C20H16Cl4O3.C6H8O3/c2*21-13-3-1-11(16(23)5-13)7-20(8-12-2-4-14(22)6-17(12)24)9-15-10-26-19(27-15)18(20)25;21-14-3-1-11(17(23)7-14)5-13-6-16-10-26-20(27-16)19(13)25-9-12-2-4-15(22)8-18(12)24;7-5-2-1-4-3-8-6(5)9-4/h1-6,15,18-19,25H,7-10H2;1-6,15,19H,7-10H2;1-4,7-8,16,20H,5-6,9-10H2;4,6H,1-3H2/t15-,18+,19+;15-,19+;16-,20+;4-,6+/m0000/s1. The molecule has 6 aromatic rings. The third kappa shape index (κ3) is 16.6. The second-order valence-electron chi connectivity index (χ2n) is 23.4. The summed E-state index contributed by atoms with van der Waals surface area (Å²) in [4.78, 5) is 24.1. The zero-order chi connectivity index (χ0) is 63.6. The molecule has 0 amide bonds. The second-order valence-corrected chi connectivity index (χ2v) is 28.4. The van der Waals surface area contributed by atoms with E-state index in [0.29, 0.717) is 150 Å². The normalized spacial score (nSPS) is 25.6. The largest absolute Gasteiger partial charge is 0.488 e. The van der Waals surface area contributed by atoms with Gasteiger partial charge in [-0.15, -0.1) is 0 Å². The van der Waals surface area contributed by atoms with Gasteiger partial charge < -0.3 is 47.7 Å². The van der Waals surface area contributed by atoms with Gasteiger partial charge in [0.1, 0.15) is 12.7 Å². The molecule has 6 aromatic carbocycles. The van der Waals surface area contributed by atoms with Crippen LogP contribution in [0.15, 0.2) is 121 Å². The van der Waals surface area contributed by atoms with Gasteiger partial charge in [-0.25, -0.2) is 0 Å². The van der Waals surface area contributed by atoms with Crippen LogP contribution in [0.5, 0.6) is 0 Å². The van der Waals surface area contributed by atoms with Gasteiger partial charge in [-0.2, -0.15) is 0 Å². The number of rotatable bonds is 13. The summed E-state index contributed by atoms with van der Waals surface area (Å²) in [6, 6.07) is 32.4. The molecule has 0 aromatic heterocycles. The summed E-state index contributed by atoms with van der Waals surface area (Å²) in [7, 11) is 0. The van der Waals surface area contributed by atoms with Crippen LogP contribution in [0, 0.1) is 10.8 Å². The average molecular weight is 1470 g/mol. The van der Waals surface area contributed by atoms with E-state index in [2.05, 4.69) is 0 Å². The van der Waals surface area contributed by atoms with Gasteiger partial charge in [0.25, 0.3) is 0 Å². The summed E-state index contributed by atoms with van der Waals surface area (Å²) >= 11 is 74.4. The number of benzene rings is 6. The molecule has 9 atom stereocenters. The Morgan fingerprint density at radius 2 is 0.856 bits per heavy atom. The van der Waals surface area contributed by atoms with Crippen LogP contribution in [0.1, 0.15) is 65.5 Å². The lowest BCUT2D eigenvalue weighted by Crippen LogP contribution is -2.51. The van der Waals surface area contributed by atoms with Crippen LogP contribution in [0.4, 0.5) is 0 Å². The average Bonchev–Trinajstić information content (AvgIpc) is 1.47. The first-order valence-electron chi connectivity index (χ1n) is 28.9. The van der Waals surface area contributed by atoms with Gasteiger partial charge in [-0.05, 0) is 158 Å². The molecule has 0 aliphatic carbocycles. The Kier molecular flexibility index (Phi) is 23.0. The van der Waals surface area contributed by atoms with Crippen LogP contribution in [-0.2, 0) is 90.9 Å². The molecule has 0 radical (unpaired) electrons. The molecular formula is C66H58Cl12O12. The smallest absolute Gasteiger partial charge is 0.218 e. The highest BCUT2D eigenvalue weighted by molar-refractivity contribution is 6.38. The van der Waals surface area contributed by atoms with Crippen LogP contribution in [0.2, 0.25) is 60.3 Å². The van der Waals surface area contributed by atoms with Crippen molar-refractivity contribution in [1.29, 1.82) is 0 Å². The Hall–Kier alpha value is -2.68. The Morgan fingerprint density at radius 3 is 1.37 bits per heavy atom. The van der Waals surface area contributed by atoms with E-state index in [0.717, 1.165) is 51.8 Å². The molecule has 8 aliphatic rings. The molecule has 12 nitrogen and oxygen atoms in total. The number of Topliss-reactive ketones (excluding diaryl/α,β-unsaturated/α-hetero) is 2. The predicted molar refractivity (Wildman–Crippen MR) is 352 cm³/mol. The van der Waals surface area contributed by atoms with Crippen molar-refractivity contribution < 1.29 is 57.3 Å². The molecule has 90 heavy (non-hydrogen) atoms. The maximum absolute atomic E-state index is 13.3. The van der Waals surface area contributed by atoms with Gasteiger partial charge in [0.15, 0.2) is 23.6 Å². The summed E-state index contributed by atoms with van der Waals surface area (Å²) in [5.41, 5.74) is 5.26. The van der Waals surface area contributed by atoms with Gasteiger partial charge in [0, 0.05) is 89.5 Å². The van der Waals surface area contributed by atoms with Crippen molar-refractivity contribution in [3.8, 4) is 0 Å². The van der Waals surface area contributed by atoms with E-state index >= 15 is 0 Å². The second kappa shape index (κ2) is 30.2. The summed E-state index contributed by atoms with van der Waals surface area (Å²) in [6.07, 6.45) is 2.87. The third-order valence-electron chi connectivity index (χ3n) is 16.9. The first kappa shape index (κ1) is 68.7. The van der Waals surface area contributed by atoms with Crippen LogP contribution < -0.4 is 0 Å². The molecule has 8 bridgehead atoms. The summed E-state index contributed by atoms with van der Waals surface area (Å²) in [5, 5.41) is 18.0. The van der Waals surface area contributed by atoms with E-state index in [1.165, 1.54) is 0 Å². The van der Waals surface area contributed by atoms with Crippen molar-refractivity contribution in [3.05, 3.63) is 214 Å². The molecule has 0 unspecified atom stereocenters. The molecule has 0 saturated carbocycles. The lowest BCUT2D eigenvalue weighted by molar-refractivity contribution is -0.205. The molecule has 24 heteroatoms. The molecule has 7 fully saturated rings. The number of aliphatic hydroxyl groups is 1. The van der Waals surface area contributed by atoms with Crippen molar-refractivity contribution in [2.45, 2.75) is 126 Å². The monoisotopic (exact) mass is 1460 g/mol. The molecule has 0 spiro atoms. The predicted octanol–water partition coefficient (Wildman–Crippen LogP) is 17.9. The summed E-state index contributed by atoms with van der Waals surface area (Å²) < 4.78 is 50.4. The molecule has 478 valence electrons. The minimum absolute atomic E-state index is 0.0440. The number of carbonyl (C=O) groups excluding carboxylic acids is 2. The Bertz CT molecular complexity index is 3560. The fourth-order valence-electron chi connectivity index (χ4n) is 12.5. The minimum atomic E-state index is -0.832. The van der Waals surface area contributed by atoms with Gasteiger partial charge in [0.05, 0.1) is 50.8 Å². The Labute approximate surface area is 581 Å². The first-order valence-corrected chi connectivity index (χ1v) is 33.4. The van der Waals surface area contributed by atoms with E-state index in [1.807, 2.05) is 54.6 Å². The molecular weight excluding hydrogens is 1410 g/mol. The van der Waals surface area contributed by atoms with E-state index in [1.54, 1.807) is 54.6 Å². The maximum atomic E-state index is 13.3.